The van der Waals surface area contributed by atoms with Crippen LogP contribution in [0.15, 0.2) is 24.3 Å². The van der Waals surface area contributed by atoms with Gasteiger partial charge in [0, 0.05) is 0 Å². The molecule has 0 bridgehead atoms. The monoisotopic (exact) mass is 327 g/mol. The first-order valence-corrected chi connectivity index (χ1v) is 7.45. The molecule has 23 heavy (non-hydrogen) atoms. The minimum absolute atomic E-state index is 0.0341. The highest BCUT2D eigenvalue weighted by Gasteiger charge is 2.23. The van der Waals surface area contributed by atoms with Crippen molar-refractivity contribution in [2.75, 3.05) is 6.61 Å². The van der Waals surface area contributed by atoms with Gasteiger partial charge in [-0.3, -0.25) is 0 Å². The van der Waals surface area contributed by atoms with Gasteiger partial charge in [0.25, 0.3) is 0 Å². The van der Waals surface area contributed by atoms with Crippen LogP contribution in [0.2, 0.25) is 0 Å². The number of aromatic hydroxyl groups is 1. The molecule has 5 N–H and O–H groups in total. The highest BCUT2D eigenvalue weighted by molar-refractivity contribution is 5.76. The smallest absolute Gasteiger partial charge is 0.339 e. The summed E-state index contributed by atoms with van der Waals surface area (Å²) in [6, 6.07) is 5.03. The van der Waals surface area contributed by atoms with E-state index < -0.39 is 30.5 Å². The molecule has 1 aromatic carbocycles. The summed E-state index contributed by atoms with van der Waals surface area (Å²) in [5.74, 6) is -0.767. The number of carbonyl (C=O) groups excluding carboxylic acids is 1. The van der Waals surface area contributed by atoms with Gasteiger partial charge in [-0.25, -0.2) is 4.79 Å². The number of aliphatic hydroxyl groups excluding tert-OH is 2. The zero-order chi connectivity index (χ0) is 17.6. The van der Waals surface area contributed by atoms with Gasteiger partial charge < -0.3 is 30.5 Å². The molecular weight excluding hydrogens is 302 g/mol. The fourth-order valence-corrected chi connectivity index (χ4v) is 1.77. The summed E-state index contributed by atoms with van der Waals surface area (Å²) in [7, 11) is 0. The van der Waals surface area contributed by atoms with Gasteiger partial charge in [0.2, 0.25) is 0 Å². The number of ether oxygens (including phenoxy) is 2. The molecule has 7 heteroatoms. The van der Waals surface area contributed by atoms with Crippen LogP contribution in [-0.2, 0) is 14.3 Å². The zero-order valence-electron chi connectivity index (χ0n) is 13.5. The van der Waals surface area contributed by atoms with Crippen molar-refractivity contribution in [1.29, 1.82) is 0 Å². The number of aliphatic hydroxyl groups is 2. The SMILES string of the molecule is CC(COC(=O)C(O)c1ccc(O)cc1)OC(O)[C@@H](N)C(C)C. The Labute approximate surface area is 135 Å². The Kier molecular flexibility index (Phi) is 7.44. The predicted molar refractivity (Wildman–Crippen MR) is 83.4 cm³/mol. The molecule has 0 aromatic heterocycles. The van der Waals surface area contributed by atoms with E-state index in [0.717, 1.165) is 0 Å². The molecular formula is C16H25NO6. The van der Waals surface area contributed by atoms with Crippen LogP contribution in [0.25, 0.3) is 0 Å². The Morgan fingerprint density at radius 2 is 1.74 bits per heavy atom. The third-order valence-electron chi connectivity index (χ3n) is 3.36. The van der Waals surface area contributed by atoms with Crippen LogP contribution >= 0.6 is 0 Å². The van der Waals surface area contributed by atoms with Crippen molar-refractivity contribution in [1.82, 2.24) is 0 Å². The second-order valence-corrected chi connectivity index (χ2v) is 5.78. The first-order chi connectivity index (χ1) is 10.7. The number of nitrogens with two attached hydrogens (primary N) is 1. The molecule has 0 amide bonds. The van der Waals surface area contributed by atoms with Crippen molar-refractivity contribution in [2.45, 2.75) is 45.3 Å². The molecule has 0 aliphatic rings. The Morgan fingerprint density at radius 1 is 1.17 bits per heavy atom. The van der Waals surface area contributed by atoms with Crippen molar-refractivity contribution in [2.24, 2.45) is 11.7 Å². The average Bonchev–Trinajstić information content (AvgIpc) is 2.51. The Balaban J connectivity index is 2.44. The van der Waals surface area contributed by atoms with E-state index in [1.165, 1.54) is 24.3 Å². The van der Waals surface area contributed by atoms with Gasteiger partial charge in [0.15, 0.2) is 12.4 Å². The quantitative estimate of drug-likeness (QED) is 0.409. The number of carbonyl (C=O) groups is 1. The van der Waals surface area contributed by atoms with Crippen LogP contribution < -0.4 is 5.73 Å². The summed E-state index contributed by atoms with van der Waals surface area (Å²) in [5.41, 5.74) is 6.07. The number of rotatable bonds is 8. The molecule has 4 atom stereocenters. The molecule has 7 nitrogen and oxygen atoms in total. The van der Waals surface area contributed by atoms with E-state index in [1.807, 2.05) is 13.8 Å². The molecule has 0 saturated carbocycles. The highest BCUT2D eigenvalue weighted by atomic mass is 16.6. The van der Waals surface area contributed by atoms with Crippen LogP contribution in [0.4, 0.5) is 0 Å². The molecule has 0 spiro atoms. The minimum Gasteiger partial charge on any atom is -0.508 e. The van der Waals surface area contributed by atoms with Gasteiger partial charge in [-0.05, 0) is 30.5 Å². The van der Waals surface area contributed by atoms with E-state index in [9.17, 15) is 20.1 Å². The lowest BCUT2D eigenvalue weighted by atomic mass is 10.1. The molecule has 0 saturated heterocycles. The topological polar surface area (TPSA) is 122 Å². The summed E-state index contributed by atoms with van der Waals surface area (Å²) in [6.07, 6.45) is -3.19. The van der Waals surface area contributed by atoms with Crippen LogP contribution in [-0.4, -0.2) is 46.3 Å². The standard InChI is InChI=1S/C16H25NO6/c1-9(2)13(17)15(20)23-10(3)8-22-16(21)14(19)11-4-6-12(18)7-5-11/h4-7,9-10,13-15,18-20H,8,17H2,1-3H3/t10?,13-,14?,15?/m0/s1. The van der Waals surface area contributed by atoms with E-state index in [0.29, 0.717) is 5.56 Å². The maximum Gasteiger partial charge on any atom is 0.339 e. The predicted octanol–water partition coefficient (Wildman–Crippen LogP) is 0.676. The molecule has 1 aromatic rings. The van der Waals surface area contributed by atoms with Crippen molar-refractivity contribution in [3.05, 3.63) is 29.8 Å². The highest BCUT2D eigenvalue weighted by Crippen LogP contribution is 2.18. The molecule has 1 rings (SSSR count). The van der Waals surface area contributed by atoms with E-state index in [1.54, 1.807) is 6.92 Å². The van der Waals surface area contributed by atoms with Crippen molar-refractivity contribution < 1.29 is 29.6 Å². The molecule has 130 valence electrons. The van der Waals surface area contributed by atoms with E-state index >= 15 is 0 Å². The number of esters is 1. The lowest BCUT2D eigenvalue weighted by Crippen LogP contribution is -2.43. The summed E-state index contributed by atoms with van der Waals surface area (Å²) >= 11 is 0. The van der Waals surface area contributed by atoms with E-state index in [-0.39, 0.29) is 18.3 Å². The summed E-state index contributed by atoms with van der Waals surface area (Å²) in [5, 5.41) is 28.8. The maximum absolute atomic E-state index is 11.8. The Morgan fingerprint density at radius 3 is 2.26 bits per heavy atom. The van der Waals surface area contributed by atoms with Crippen LogP contribution in [0.5, 0.6) is 5.75 Å². The summed E-state index contributed by atoms with van der Waals surface area (Å²) in [6.45, 7) is 5.21. The Hall–Kier alpha value is -1.67. The number of hydrogen-bond acceptors (Lipinski definition) is 7. The molecule has 0 aliphatic carbocycles. The zero-order valence-corrected chi connectivity index (χ0v) is 13.5. The first-order valence-electron chi connectivity index (χ1n) is 7.45. The summed E-state index contributed by atoms with van der Waals surface area (Å²) in [4.78, 5) is 11.8. The normalized spacial score (nSPS) is 16.7. The van der Waals surface area contributed by atoms with E-state index in [4.69, 9.17) is 15.2 Å². The minimum atomic E-state index is -1.45. The molecule has 0 fully saturated rings. The molecule has 3 unspecified atom stereocenters. The van der Waals surface area contributed by atoms with Gasteiger partial charge in [-0.15, -0.1) is 0 Å². The average molecular weight is 327 g/mol. The number of benzene rings is 1. The number of phenolic OH excluding ortho intramolecular Hbond substituents is 1. The van der Waals surface area contributed by atoms with Gasteiger partial charge in [-0.1, -0.05) is 26.0 Å². The third-order valence-corrected chi connectivity index (χ3v) is 3.36. The maximum atomic E-state index is 11.8. The fraction of sp³-hybridized carbons (Fsp3) is 0.562. The van der Waals surface area contributed by atoms with Crippen molar-refractivity contribution in [3.63, 3.8) is 0 Å². The molecule has 0 heterocycles. The van der Waals surface area contributed by atoms with Gasteiger partial charge >= 0.3 is 5.97 Å². The Bertz CT molecular complexity index is 490. The first kappa shape index (κ1) is 19.4. The number of hydrogen-bond donors (Lipinski definition) is 4. The lowest BCUT2D eigenvalue weighted by molar-refractivity contribution is -0.176. The van der Waals surface area contributed by atoms with Gasteiger partial charge in [-0.2, -0.15) is 0 Å². The number of phenols is 1. The van der Waals surface area contributed by atoms with Crippen LogP contribution in [0.1, 0.15) is 32.4 Å². The lowest BCUT2D eigenvalue weighted by Gasteiger charge is -2.25. The van der Waals surface area contributed by atoms with E-state index in [2.05, 4.69) is 0 Å². The molecule has 0 radical (unpaired) electrons. The van der Waals surface area contributed by atoms with Crippen LogP contribution in [0.3, 0.4) is 0 Å². The second kappa shape index (κ2) is 8.83. The van der Waals surface area contributed by atoms with Crippen molar-refractivity contribution >= 4 is 5.97 Å². The largest absolute Gasteiger partial charge is 0.508 e. The summed E-state index contributed by atoms with van der Waals surface area (Å²) < 4.78 is 10.2. The van der Waals surface area contributed by atoms with Gasteiger partial charge in [0.05, 0.1) is 12.1 Å². The fourth-order valence-electron chi connectivity index (χ4n) is 1.77. The van der Waals surface area contributed by atoms with Crippen LogP contribution in [0, 0.1) is 5.92 Å². The molecule has 0 aliphatic heterocycles. The van der Waals surface area contributed by atoms with Crippen molar-refractivity contribution in [3.8, 4) is 5.75 Å². The second-order valence-electron chi connectivity index (χ2n) is 5.78. The van der Waals surface area contributed by atoms with Gasteiger partial charge in [0.1, 0.15) is 12.4 Å². The third kappa shape index (κ3) is 6.15.